The molecule has 166 valence electrons. The SMILES string of the molecule is CNC(=O)[C@@H]1C[C@@H](O)CN1C(=O)[C@@H](n1cc(C2CC3(C2)OCCO3)nn1)C(C)(C)C. The molecule has 1 spiro atoms. The summed E-state index contributed by atoms with van der Waals surface area (Å²) in [6.45, 7) is 7.23. The van der Waals surface area contributed by atoms with Crippen molar-refractivity contribution in [2.75, 3.05) is 26.8 Å². The molecule has 2 aliphatic heterocycles. The molecule has 3 fully saturated rings. The molecule has 3 aliphatic rings. The molecule has 10 heteroatoms. The molecule has 2 amide bonds. The number of likely N-dealkylation sites (tertiary alicyclic amines) is 1. The summed E-state index contributed by atoms with van der Waals surface area (Å²) in [5, 5.41) is 21.3. The summed E-state index contributed by atoms with van der Waals surface area (Å²) in [7, 11) is 1.53. The van der Waals surface area contributed by atoms with Gasteiger partial charge in [0.1, 0.15) is 12.1 Å². The first-order valence-electron chi connectivity index (χ1n) is 10.5. The second-order valence-corrected chi connectivity index (χ2v) is 9.61. The van der Waals surface area contributed by atoms with Crippen LogP contribution in [0.2, 0.25) is 0 Å². The van der Waals surface area contributed by atoms with Crippen LogP contribution < -0.4 is 5.32 Å². The average molecular weight is 421 g/mol. The van der Waals surface area contributed by atoms with Crippen molar-refractivity contribution in [3.05, 3.63) is 11.9 Å². The number of hydrogen-bond acceptors (Lipinski definition) is 7. The van der Waals surface area contributed by atoms with Crippen LogP contribution in [0.5, 0.6) is 0 Å². The molecule has 1 saturated carbocycles. The third kappa shape index (κ3) is 3.72. The summed E-state index contributed by atoms with van der Waals surface area (Å²) in [6.07, 6.45) is 2.80. The van der Waals surface area contributed by atoms with E-state index >= 15 is 0 Å². The summed E-state index contributed by atoms with van der Waals surface area (Å²) in [6, 6.07) is -1.34. The molecule has 1 aliphatic carbocycles. The number of β-amino-alcohol motifs (C(OH)–C–C–N with tert-alkyl or cyclic N) is 1. The summed E-state index contributed by atoms with van der Waals surface area (Å²) in [5.41, 5.74) is 0.340. The molecule has 2 saturated heterocycles. The number of aromatic nitrogens is 3. The van der Waals surface area contributed by atoms with Crippen molar-refractivity contribution < 1.29 is 24.2 Å². The zero-order valence-corrected chi connectivity index (χ0v) is 18.0. The first-order chi connectivity index (χ1) is 14.1. The van der Waals surface area contributed by atoms with E-state index in [1.54, 1.807) is 4.68 Å². The van der Waals surface area contributed by atoms with Gasteiger partial charge >= 0.3 is 0 Å². The highest BCUT2D eigenvalue weighted by molar-refractivity contribution is 5.90. The summed E-state index contributed by atoms with van der Waals surface area (Å²) < 4.78 is 13.0. The van der Waals surface area contributed by atoms with Gasteiger partial charge in [-0.15, -0.1) is 5.10 Å². The smallest absolute Gasteiger partial charge is 0.248 e. The average Bonchev–Trinajstić information content (AvgIpc) is 3.37. The maximum atomic E-state index is 13.5. The van der Waals surface area contributed by atoms with E-state index in [4.69, 9.17) is 9.47 Å². The number of aliphatic hydroxyl groups excluding tert-OH is 1. The maximum absolute atomic E-state index is 13.5. The zero-order valence-electron chi connectivity index (χ0n) is 18.0. The zero-order chi connectivity index (χ0) is 21.7. The topological polar surface area (TPSA) is 119 Å². The van der Waals surface area contributed by atoms with Crippen LogP contribution in [0.4, 0.5) is 0 Å². The Balaban J connectivity index is 1.54. The number of likely N-dealkylation sites (N-methyl/N-ethyl adjacent to an activating group) is 1. The van der Waals surface area contributed by atoms with E-state index in [2.05, 4.69) is 15.6 Å². The van der Waals surface area contributed by atoms with Gasteiger partial charge < -0.3 is 24.8 Å². The third-order valence-corrected chi connectivity index (χ3v) is 6.30. The number of rotatable bonds is 4. The van der Waals surface area contributed by atoms with Gasteiger partial charge in [-0.2, -0.15) is 0 Å². The van der Waals surface area contributed by atoms with Crippen molar-refractivity contribution in [3.63, 3.8) is 0 Å². The minimum atomic E-state index is -0.722. The Morgan fingerprint density at radius 2 is 1.97 bits per heavy atom. The lowest BCUT2D eigenvalue weighted by Gasteiger charge is -2.41. The van der Waals surface area contributed by atoms with Gasteiger partial charge in [0.25, 0.3) is 0 Å². The van der Waals surface area contributed by atoms with Crippen molar-refractivity contribution in [1.29, 1.82) is 0 Å². The van der Waals surface area contributed by atoms with Crippen LogP contribution >= 0.6 is 0 Å². The highest BCUT2D eigenvalue weighted by Gasteiger charge is 2.51. The van der Waals surface area contributed by atoms with Crippen molar-refractivity contribution in [1.82, 2.24) is 25.2 Å². The third-order valence-electron chi connectivity index (χ3n) is 6.30. The Labute approximate surface area is 175 Å². The highest BCUT2D eigenvalue weighted by Crippen LogP contribution is 2.49. The second-order valence-electron chi connectivity index (χ2n) is 9.61. The van der Waals surface area contributed by atoms with Crippen molar-refractivity contribution in [2.45, 2.75) is 69.9 Å². The number of carbonyl (C=O) groups excluding carboxylic acids is 2. The van der Waals surface area contributed by atoms with E-state index < -0.39 is 29.4 Å². The van der Waals surface area contributed by atoms with Crippen LogP contribution in [0.25, 0.3) is 0 Å². The largest absolute Gasteiger partial charge is 0.391 e. The monoisotopic (exact) mass is 421 g/mol. The summed E-state index contributed by atoms with van der Waals surface area (Å²) in [4.78, 5) is 27.3. The van der Waals surface area contributed by atoms with E-state index in [1.807, 2.05) is 27.0 Å². The van der Waals surface area contributed by atoms with Crippen molar-refractivity contribution in [3.8, 4) is 0 Å². The standard InChI is InChI=1S/C20H31N5O5/c1-19(2,3)16(18(28)24-10-13(26)7-15(24)17(27)21-4)25-11-14(22-23-25)12-8-20(9-12)29-5-6-30-20/h11-13,15-16,26H,5-10H2,1-4H3,(H,21,27)/t13-,15+,16-/m1/s1. The van der Waals surface area contributed by atoms with E-state index in [0.717, 1.165) is 18.5 Å². The van der Waals surface area contributed by atoms with Gasteiger partial charge in [0.2, 0.25) is 11.8 Å². The van der Waals surface area contributed by atoms with Gasteiger partial charge in [0.15, 0.2) is 5.79 Å². The van der Waals surface area contributed by atoms with Gasteiger partial charge in [0.05, 0.1) is 25.0 Å². The minimum absolute atomic E-state index is 0.130. The number of hydrogen-bond donors (Lipinski definition) is 2. The van der Waals surface area contributed by atoms with E-state index in [0.29, 0.717) is 13.2 Å². The maximum Gasteiger partial charge on any atom is 0.248 e. The number of ether oxygens (including phenoxy) is 2. The molecule has 0 unspecified atom stereocenters. The Morgan fingerprint density at radius 3 is 2.57 bits per heavy atom. The number of amides is 2. The van der Waals surface area contributed by atoms with Gasteiger partial charge in [0, 0.05) is 45.0 Å². The van der Waals surface area contributed by atoms with Crippen LogP contribution in [0.15, 0.2) is 6.20 Å². The molecule has 3 atom stereocenters. The molecular formula is C20H31N5O5. The lowest BCUT2D eigenvalue weighted by molar-refractivity contribution is -0.216. The fourth-order valence-corrected chi connectivity index (χ4v) is 4.75. The molecule has 30 heavy (non-hydrogen) atoms. The minimum Gasteiger partial charge on any atom is -0.391 e. The van der Waals surface area contributed by atoms with Crippen LogP contribution in [0, 0.1) is 5.41 Å². The van der Waals surface area contributed by atoms with E-state index in [-0.39, 0.29) is 30.7 Å². The lowest BCUT2D eigenvalue weighted by Crippen LogP contribution is -2.49. The Kier molecular flexibility index (Phi) is 5.36. The Hall–Kier alpha value is -2.04. The quantitative estimate of drug-likeness (QED) is 0.712. The Morgan fingerprint density at radius 1 is 1.30 bits per heavy atom. The number of nitrogens with one attached hydrogen (secondary N) is 1. The van der Waals surface area contributed by atoms with Crippen LogP contribution in [0.3, 0.4) is 0 Å². The van der Waals surface area contributed by atoms with E-state index in [9.17, 15) is 14.7 Å². The van der Waals surface area contributed by atoms with Crippen molar-refractivity contribution >= 4 is 11.8 Å². The highest BCUT2D eigenvalue weighted by atomic mass is 16.7. The normalized spacial score (nSPS) is 27.3. The predicted octanol–water partition coefficient (Wildman–Crippen LogP) is 0.194. The van der Waals surface area contributed by atoms with Crippen LogP contribution in [-0.4, -0.2) is 81.6 Å². The number of nitrogens with zero attached hydrogens (tertiary/aromatic N) is 4. The molecule has 2 N–H and O–H groups in total. The fraction of sp³-hybridized carbons (Fsp3) is 0.800. The lowest BCUT2D eigenvalue weighted by atomic mass is 9.77. The summed E-state index contributed by atoms with van der Waals surface area (Å²) in [5.74, 6) is -0.806. The van der Waals surface area contributed by atoms with Crippen molar-refractivity contribution in [2.24, 2.45) is 5.41 Å². The predicted molar refractivity (Wildman–Crippen MR) is 105 cm³/mol. The molecular weight excluding hydrogens is 390 g/mol. The van der Waals surface area contributed by atoms with Gasteiger partial charge in [-0.3, -0.25) is 9.59 Å². The molecule has 3 heterocycles. The fourth-order valence-electron chi connectivity index (χ4n) is 4.75. The first kappa shape index (κ1) is 21.2. The number of carbonyl (C=O) groups is 2. The number of aliphatic hydroxyl groups is 1. The van der Waals surface area contributed by atoms with Gasteiger partial charge in [-0.05, 0) is 5.41 Å². The molecule has 1 aromatic heterocycles. The Bertz CT molecular complexity index is 805. The molecule has 10 nitrogen and oxygen atoms in total. The van der Waals surface area contributed by atoms with Crippen LogP contribution in [-0.2, 0) is 19.1 Å². The van der Waals surface area contributed by atoms with E-state index in [1.165, 1.54) is 11.9 Å². The van der Waals surface area contributed by atoms with Crippen LogP contribution in [0.1, 0.15) is 57.7 Å². The second kappa shape index (κ2) is 7.58. The summed E-state index contributed by atoms with van der Waals surface area (Å²) >= 11 is 0. The molecule has 4 rings (SSSR count). The molecule has 0 radical (unpaired) electrons. The molecule has 1 aromatic rings. The van der Waals surface area contributed by atoms with Gasteiger partial charge in [-0.1, -0.05) is 26.0 Å². The molecule has 0 bridgehead atoms. The molecule has 0 aromatic carbocycles. The van der Waals surface area contributed by atoms with Gasteiger partial charge in [-0.25, -0.2) is 4.68 Å². The first-order valence-corrected chi connectivity index (χ1v) is 10.5.